The zero-order chi connectivity index (χ0) is 8.81. The SMILES string of the molecule is CNCCCNc1sccc1C. The van der Waals surface area contributed by atoms with Crippen LogP contribution in [-0.2, 0) is 0 Å². The maximum atomic E-state index is 3.41. The van der Waals surface area contributed by atoms with Crippen molar-refractivity contribution in [3.63, 3.8) is 0 Å². The van der Waals surface area contributed by atoms with Gasteiger partial charge in [0.25, 0.3) is 0 Å². The molecule has 2 N–H and O–H groups in total. The summed E-state index contributed by atoms with van der Waals surface area (Å²) in [7, 11) is 1.98. The van der Waals surface area contributed by atoms with E-state index in [9.17, 15) is 0 Å². The molecule has 12 heavy (non-hydrogen) atoms. The van der Waals surface area contributed by atoms with Crippen LogP contribution in [0.4, 0.5) is 5.00 Å². The van der Waals surface area contributed by atoms with Crippen LogP contribution in [0, 0.1) is 6.92 Å². The molecule has 0 fully saturated rings. The topological polar surface area (TPSA) is 24.1 Å². The van der Waals surface area contributed by atoms with E-state index in [1.807, 2.05) is 7.05 Å². The van der Waals surface area contributed by atoms with Crippen molar-refractivity contribution in [3.8, 4) is 0 Å². The second kappa shape index (κ2) is 5.17. The summed E-state index contributed by atoms with van der Waals surface area (Å²) in [6, 6.07) is 2.14. The number of thiophene rings is 1. The van der Waals surface area contributed by atoms with Crippen LogP contribution in [0.2, 0.25) is 0 Å². The van der Waals surface area contributed by atoms with E-state index in [0.717, 1.165) is 13.1 Å². The molecule has 0 radical (unpaired) electrons. The van der Waals surface area contributed by atoms with Crippen molar-refractivity contribution in [1.82, 2.24) is 5.32 Å². The highest BCUT2D eigenvalue weighted by Gasteiger charge is 1.96. The van der Waals surface area contributed by atoms with Crippen LogP contribution >= 0.6 is 11.3 Å². The Kier molecular flexibility index (Phi) is 4.11. The van der Waals surface area contributed by atoms with Gasteiger partial charge in [0, 0.05) is 6.54 Å². The first-order valence-corrected chi connectivity index (χ1v) is 5.15. The third-order valence-electron chi connectivity index (χ3n) is 1.75. The van der Waals surface area contributed by atoms with Gasteiger partial charge < -0.3 is 10.6 Å². The fraction of sp³-hybridized carbons (Fsp3) is 0.556. The summed E-state index contributed by atoms with van der Waals surface area (Å²) in [6.45, 7) is 4.27. The molecule has 0 spiro atoms. The lowest BCUT2D eigenvalue weighted by Crippen LogP contribution is -2.12. The molecule has 68 valence electrons. The molecule has 0 aliphatic heterocycles. The molecule has 0 amide bonds. The summed E-state index contributed by atoms with van der Waals surface area (Å²) < 4.78 is 0. The van der Waals surface area contributed by atoms with Crippen molar-refractivity contribution in [2.45, 2.75) is 13.3 Å². The molecule has 1 rings (SSSR count). The summed E-state index contributed by atoms with van der Waals surface area (Å²) in [5.74, 6) is 0. The average Bonchev–Trinajstić information content (AvgIpc) is 2.46. The van der Waals surface area contributed by atoms with Gasteiger partial charge in [0.1, 0.15) is 0 Å². The predicted octanol–water partition coefficient (Wildman–Crippen LogP) is 2.08. The molecule has 0 saturated heterocycles. The molecule has 0 aliphatic rings. The minimum absolute atomic E-state index is 1.06. The van der Waals surface area contributed by atoms with Crippen molar-refractivity contribution in [2.75, 3.05) is 25.5 Å². The van der Waals surface area contributed by atoms with Crippen molar-refractivity contribution in [1.29, 1.82) is 0 Å². The average molecular weight is 184 g/mol. The Labute approximate surface area is 78.0 Å². The fourth-order valence-corrected chi connectivity index (χ4v) is 1.87. The van der Waals surface area contributed by atoms with E-state index >= 15 is 0 Å². The van der Waals surface area contributed by atoms with Gasteiger partial charge in [-0.15, -0.1) is 11.3 Å². The largest absolute Gasteiger partial charge is 0.377 e. The first-order chi connectivity index (χ1) is 5.84. The van der Waals surface area contributed by atoms with Crippen LogP contribution in [0.1, 0.15) is 12.0 Å². The summed E-state index contributed by atoms with van der Waals surface area (Å²) in [5, 5.41) is 9.96. The maximum Gasteiger partial charge on any atom is 0.0912 e. The van der Waals surface area contributed by atoms with Gasteiger partial charge in [0.15, 0.2) is 0 Å². The van der Waals surface area contributed by atoms with E-state index in [4.69, 9.17) is 0 Å². The first-order valence-electron chi connectivity index (χ1n) is 4.27. The number of anilines is 1. The van der Waals surface area contributed by atoms with E-state index in [-0.39, 0.29) is 0 Å². The van der Waals surface area contributed by atoms with Crippen molar-refractivity contribution in [3.05, 3.63) is 17.0 Å². The molecule has 1 aromatic rings. The summed E-state index contributed by atoms with van der Waals surface area (Å²) in [6.07, 6.45) is 1.17. The zero-order valence-corrected chi connectivity index (χ0v) is 8.50. The number of rotatable bonds is 5. The van der Waals surface area contributed by atoms with Crippen LogP contribution in [0.3, 0.4) is 0 Å². The van der Waals surface area contributed by atoms with E-state index in [2.05, 4.69) is 29.0 Å². The van der Waals surface area contributed by atoms with Gasteiger partial charge in [0.05, 0.1) is 5.00 Å². The highest BCUT2D eigenvalue weighted by molar-refractivity contribution is 7.14. The maximum absolute atomic E-state index is 3.41. The van der Waals surface area contributed by atoms with Crippen LogP contribution in [0.25, 0.3) is 0 Å². The summed E-state index contributed by atoms with van der Waals surface area (Å²) in [4.78, 5) is 0. The second-order valence-corrected chi connectivity index (χ2v) is 3.73. The van der Waals surface area contributed by atoms with Crippen LogP contribution in [0.15, 0.2) is 11.4 Å². The van der Waals surface area contributed by atoms with Gasteiger partial charge in [-0.2, -0.15) is 0 Å². The molecule has 0 atom stereocenters. The Morgan fingerprint density at radius 2 is 2.25 bits per heavy atom. The van der Waals surface area contributed by atoms with Crippen molar-refractivity contribution < 1.29 is 0 Å². The van der Waals surface area contributed by atoms with Gasteiger partial charge in [-0.25, -0.2) is 0 Å². The number of hydrogen-bond acceptors (Lipinski definition) is 3. The van der Waals surface area contributed by atoms with Gasteiger partial charge in [-0.05, 0) is 43.9 Å². The molecule has 0 bridgehead atoms. The normalized spacial score (nSPS) is 10.2. The third kappa shape index (κ3) is 2.83. The van der Waals surface area contributed by atoms with E-state index in [1.165, 1.54) is 17.0 Å². The van der Waals surface area contributed by atoms with E-state index < -0.39 is 0 Å². The third-order valence-corrected chi connectivity index (χ3v) is 2.73. The molecule has 0 aliphatic carbocycles. The highest BCUT2D eigenvalue weighted by atomic mass is 32.1. The second-order valence-electron chi connectivity index (χ2n) is 2.82. The van der Waals surface area contributed by atoms with Gasteiger partial charge in [-0.1, -0.05) is 0 Å². The quantitative estimate of drug-likeness (QED) is 0.685. The molecule has 0 unspecified atom stereocenters. The molecule has 0 aromatic carbocycles. The Bertz CT molecular complexity index is 220. The van der Waals surface area contributed by atoms with Crippen LogP contribution in [0.5, 0.6) is 0 Å². The standard InChI is InChI=1S/C9H16N2S/c1-8-4-7-12-9(8)11-6-3-5-10-2/h4,7,10-11H,3,5-6H2,1-2H3. The van der Waals surface area contributed by atoms with E-state index in [0.29, 0.717) is 0 Å². The molecule has 1 heterocycles. The van der Waals surface area contributed by atoms with Gasteiger partial charge in [-0.3, -0.25) is 0 Å². The molecular formula is C9H16N2S. The Balaban J connectivity index is 2.20. The zero-order valence-electron chi connectivity index (χ0n) is 7.68. The van der Waals surface area contributed by atoms with Gasteiger partial charge >= 0.3 is 0 Å². The monoisotopic (exact) mass is 184 g/mol. The molecule has 3 heteroatoms. The van der Waals surface area contributed by atoms with E-state index in [1.54, 1.807) is 11.3 Å². The lowest BCUT2D eigenvalue weighted by Gasteiger charge is -2.03. The minimum atomic E-state index is 1.06. The van der Waals surface area contributed by atoms with Crippen molar-refractivity contribution in [2.24, 2.45) is 0 Å². The fourth-order valence-electron chi connectivity index (χ4n) is 1.02. The summed E-state index contributed by atoms with van der Waals surface area (Å²) in [5.41, 5.74) is 1.35. The number of aryl methyl sites for hydroxylation is 1. The smallest absolute Gasteiger partial charge is 0.0912 e. The minimum Gasteiger partial charge on any atom is -0.377 e. The number of hydrogen-bond donors (Lipinski definition) is 2. The molecule has 1 aromatic heterocycles. The molecular weight excluding hydrogens is 168 g/mol. The molecule has 2 nitrogen and oxygen atoms in total. The molecule has 0 saturated carbocycles. The Hall–Kier alpha value is -0.540. The lowest BCUT2D eigenvalue weighted by molar-refractivity contribution is 0.748. The van der Waals surface area contributed by atoms with Crippen molar-refractivity contribution >= 4 is 16.3 Å². The van der Waals surface area contributed by atoms with Gasteiger partial charge in [0.2, 0.25) is 0 Å². The van der Waals surface area contributed by atoms with Crippen LogP contribution < -0.4 is 10.6 Å². The summed E-state index contributed by atoms with van der Waals surface area (Å²) >= 11 is 1.78. The highest BCUT2D eigenvalue weighted by Crippen LogP contribution is 2.21. The lowest BCUT2D eigenvalue weighted by atomic mass is 10.3. The van der Waals surface area contributed by atoms with Crippen LogP contribution in [-0.4, -0.2) is 20.1 Å². The number of nitrogens with one attached hydrogen (secondary N) is 2. The first kappa shape index (κ1) is 9.55. The Morgan fingerprint density at radius 3 is 2.83 bits per heavy atom. The predicted molar refractivity (Wildman–Crippen MR) is 56.1 cm³/mol. The Morgan fingerprint density at radius 1 is 1.42 bits per heavy atom.